The Kier molecular flexibility index (Phi) is 9.62. The number of carbonyl (C=O) groups excluding carboxylic acids is 1. The summed E-state index contributed by atoms with van der Waals surface area (Å²) in [5.74, 6) is 1.31. The molecule has 0 aliphatic heterocycles. The Bertz CT molecular complexity index is 1310. The zero-order valence-corrected chi connectivity index (χ0v) is 21.1. The van der Waals surface area contributed by atoms with Crippen LogP contribution in [-0.2, 0) is 17.8 Å². The molecule has 1 aromatic carbocycles. The minimum absolute atomic E-state index is 0.0350. The van der Waals surface area contributed by atoms with Gasteiger partial charge < -0.3 is 27.1 Å². The number of anilines is 1. The molecule has 0 saturated carbocycles. The number of hydrogen-bond acceptors (Lipinski definition) is 5. The van der Waals surface area contributed by atoms with E-state index in [2.05, 4.69) is 32.9 Å². The zero-order chi connectivity index (χ0) is 25.9. The number of nitrogen functional groups attached to an aromatic ring is 1. The fraction of sp³-hybridized carbons (Fsp3) is 0.333. The number of nitrogens with two attached hydrogens (primary N) is 3. The van der Waals surface area contributed by atoms with Gasteiger partial charge in [-0.05, 0) is 44.4 Å². The number of imidazole rings is 1. The summed E-state index contributed by atoms with van der Waals surface area (Å²) in [5.41, 5.74) is 20.1. The summed E-state index contributed by atoms with van der Waals surface area (Å²) in [5, 5.41) is 4.05. The van der Waals surface area contributed by atoms with Crippen LogP contribution in [0.5, 0.6) is 0 Å². The van der Waals surface area contributed by atoms with E-state index < -0.39 is 0 Å². The van der Waals surface area contributed by atoms with E-state index >= 15 is 0 Å². The number of rotatable bonds is 12. The molecule has 2 heterocycles. The van der Waals surface area contributed by atoms with Crippen LogP contribution in [0, 0.1) is 0 Å². The summed E-state index contributed by atoms with van der Waals surface area (Å²) in [6.07, 6.45) is 13.0. The summed E-state index contributed by atoms with van der Waals surface area (Å²) in [6.45, 7) is 5.39. The fourth-order valence-corrected chi connectivity index (χ4v) is 4.03. The van der Waals surface area contributed by atoms with E-state index in [4.69, 9.17) is 22.2 Å². The Balaban J connectivity index is 1.70. The van der Waals surface area contributed by atoms with E-state index in [0.29, 0.717) is 17.9 Å². The van der Waals surface area contributed by atoms with Crippen LogP contribution >= 0.6 is 0 Å². The first-order valence-corrected chi connectivity index (χ1v) is 12.4. The minimum Gasteiger partial charge on any atom is -0.382 e. The van der Waals surface area contributed by atoms with Gasteiger partial charge in [0.25, 0.3) is 5.91 Å². The second-order valence-corrected chi connectivity index (χ2v) is 8.48. The number of benzene rings is 1. The summed E-state index contributed by atoms with van der Waals surface area (Å²) in [4.78, 5) is 25.8. The van der Waals surface area contributed by atoms with Crippen molar-refractivity contribution in [2.45, 2.75) is 52.5 Å². The number of fused-ring (bicyclic) bond motifs is 3. The molecule has 0 saturated heterocycles. The second-order valence-electron chi connectivity index (χ2n) is 8.48. The van der Waals surface area contributed by atoms with Crippen molar-refractivity contribution in [1.29, 1.82) is 0 Å². The topological polar surface area (TPSA) is 150 Å². The normalized spacial score (nSPS) is 12.2. The van der Waals surface area contributed by atoms with Gasteiger partial charge in [-0.15, -0.1) is 0 Å². The van der Waals surface area contributed by atoms with Crippen LogP contribution < -0.4 is 22.5 Å². The predicted molar refractivity (Wildman–Crippen MR) is 148 cm³/mol. The molecule has 0 aliphatic carbocycles. The maximum absolute atomic E-state index is 12.6. The Morgan fingerprint density at radius 1 is 1.17 bits per heavy atom. The van der Waals surface area contributed by atoms with Gasteiger partial charge in [0.1, 0.15) is 11.3 Å². The van der Waals surface area contributed by atoms with Crippen LogP contribution in [-0.4, -0.2) is 32.9 Å². The molecule has 3 rings (SSSR count). The lowest BCUT2D eigenvalue weighted by molar-refractivity contribution is -0.117. The molecule has 0 spiro atoms. The number of aryl methyl sites for hydroxylation is 2. The van der Waals surface area contributed by atoms with Crippen molar-refractivity contribution in [1.82, 2.24) is 19.9 Å². The largest absolute Gasteiger partial charge is 0.382 e. The van der Waals surface area contributed by atoms with Crippen molar-refractivity contribution in [2.75, 3.05) is 12.3 Å². The fourth-order valence-electron chi connectivity index (χ4n) is 4.03. The van der Waals surface area contributed by atoms with E-state index in [1.807, 2.05) is 31.2 Å². The quantitative estimate of drug-likeness (QED) is 0.100. The van der Waals surface area contributed by atoms with E-state index in [1.54, 1.807) is 18.2 Å². The van der Waals surface area contributed by atoms with Gasteiger partial charge in [-0.2, -0.15) is 0 Å². The van der Waals surface area contributed by atoms with Gasteiger partial charge >= 0.3 is 0 Å². The molecular weight excluding hydrogens is 452 g/mol. The third kappa shape index (κ3) is 6.71. The molecule has 3 aromatic rings. The highest BCUT2D eigenvalue weighted by atomic mass is 16.1. The van der Waals surface area contributed by atoms with Crippen LogP contribution in [0.4, 0.5) is 5.82 Å². The molecule has 0 atom stereocenters. The van der Waals surface area contributed by atoms with E-state index in [9.17, 15) is 4.79 Å². The lowest BCUT2D eigenvalue weighted by atomic mass is 10.1. The minimum atomic E-state index is -0.149. The lowest BCUT2D eigenvalue weighted by Gasteiger charge is -2.11. The summed E-state index contributed by atoms with van der Waals surface area (Å²) < 4.78 is 2.28. The summed E-state index contributed by atoms with van der Waals surface area (Å²) in [7, 11) is 0. The number of unbranched alkanes of at least 4 members (excludes halogenated alkanes) is 2. The molecule has 9 heteroatoms. The molecular formula is C27H36N8O. The molecule has 7 N–H and O–H groups in total. The summed E-state index contributed by atoms with van der Waals surface area (Å²) in [6, 6.07) is 8.03. The first-order valence-electron chi connectivity index (χ1n) is 12.4. The van der Waals surface area contributed by atoms with Crippen LogP contribution in [0.1, 0.15) is 45.4 Å². The van der Waals surface area contributed by atoms with Crippen molar-refractivity contribution in [3.8, 4) is 0 Å². The highest BCUT2D eigenvalue weighted by Gasteiger charge is 2.16. The van der Waals surface area contributed by atoms with Crippen LogP contribution in [0.2, 0.25) is 0 Å². The molecule has 0 radical (unpaired) electrons. The number of nitrogens with zero attached hydrogens (tertiary/aromatic N) is 4. The number of nitrogens with one attached hydrogen (secondary N) is 1. The SMILES string of the molecule is C\C=C/C(=C\C=C\N=C(N)N)C(=O)NCCCCn1c(CCCC)nc2c(N)nc3ccccc3c21. The van der Waals surface area contributed by atoms with Gasteiger partial charge in [-0.1, -0.05) is 43.7 Å². The van der Waals surface area contributed by atoms with E-state index in [0.717, 1.165) is 66.4 Å². The number of allylic oxidation sites excluding steroid dienone is 3. The number of para-hydroxylation sites is 1. The molecule has 0 fully saturated rings. The van der Waals surface area contributed by atoms with Gasteiger partial charge in [0.2, 0.25) is 0 Å². The van der Waals surface area contributed by atoms with E-state index in [-0.39, 0.29) is 11.9 Å². The van der Waals surface area contributed by atoms with Gasteiger partial charge in [-0.3, -0.25) is 4.79 Å². The number of aromatic nitrogens is 3. The number of aliphatic imine (C=N–C) groups is 1. The third-order valence-corrected chi connectivity index (χ3v) is 5.73. The molecule has 9 nitrogen and oxygen atoms in total. The molecule has 36 heavy (non-hydrogen) atoms. The average molecular weight is 489 g/mol. The van der Waals surface area contributed by atoms with Crippen LogP contribution in [0.15, 0.2) is 65.3 Å². The van der Waals surface area contributed by atoms with E-state index in [1.165, 1.54) is 6.20 Å². The van der Waals surface area contributed by atoms with Gasteiger partial charge in [0.05, 0.1) is 11.0 Å². The van der Waals surface area contributed by atoms with Gasteiger partial charge in [-0.25, -0.2) is 15.0 Å². The molecule has 0 aliphatic rings. The van der Waals surface area contributed by atoms with Crippen molar-refractivity contribution >= 4 is 39.6 Å². The highest BCUT2D eigenvalue weighted by molar-refractivity contribution is 6.06. The Labute approximate surface area is 211 Å². The maximum atomic E-state index is 12.6. The zero-order valence-electron chi connectivity index (χ0n) is 21.1. The Hall–Kier alpha value is -4.14. The van der Waals surface area contributed by atoms with Crippen LogP contribution in [0.25, 0.3) is 21.9 Å². The van der Waals surface area contributed by atoms with Crippen molar-refractivity contribution in [2.24, 2.45) is 16.5 Å². The number of carbonyl (C=O) groups is 1. The highest BCUT2D eigenvalue weighted by Crippen LogP contribution is 2.29. The molecule has 1 amide bonds. The lowest BCUT2D eigenvalue weighted by Crippen LogP contribution is -2.25. The Morgan fingerprint density at radius 2 is 1.97 bits per heavy atom. The maximum Gasteiger partial charge on any atom is 0.251 e. The monoisotopic (exact) mass is 488 g/mol. The predicted octanol–water partition coefficient (Wildman–Crippen LogP) is 3.70. The van der Waals surface area contributed by atoms with Gasteiger partial charge in [0, 0.05) is 36.7 Å². The molecule has 0 bridgehead atoms. The third-order valence-electron chi connectivity index (χ3n) is 5.73. The number of pyridine rings is 1. The first kappa shape index (κ1) is 26.5. The van der Waals surface area contributed by atoms with Crippen molar-refractivity contribution < 1.29 is 4.79 Å². The van der Waals surface area contributed by atoms with Crippen LogP contribution in [0.3, 0.4) is 0 Å². The molecule has 190 valence electrons. The Morgan fingerprint density at radius 3 is 2.72 bits per heavy atom. The average Bonchev–Trinajstić information content (AvgIpc) is 3.23. The second kappa shape index (κ2) is 13.1. The molecule has 0 unspecified atom stereocenters. The first-order chi connectivity index (χ1) is 17.5. The van der Waals surface area contributed by atoms with Crippen molar-refractivity contribution in [3.05, 3.63) is 66.2 Å². The smallest absolute Gasteiger partial charge is 0.251 e. The van der Waals surface area contributed by atoms with Crippen molar-refractivity contribution in [3.63, 3.8) is 0 Å². The number of hydrogen-bond donors (Lipinski definition) is 4. The number of guanidine groups is 1. The standard InChI is InChI=1S/C27H36N8O/c1-3-5-15-22-34-23-24(20-13-6-7-14-21(20)33-25(23)28)35(22)18-9-8-16-31-26(36)19(11-4-2)12-10-17-32-27(29)30/h4,6-7,10-14,17H,3,5,8-9,15-16,18H2,1-2H3,(H2,28,33)(H,31,36)(H4,29,30,32)/b11-4-,17-10+,19-12+. The van der Waals surface area contributed by atoms with Gasteiger partial charge in [0.15, 0.2) is 11.8 Å². The summed E-state index contributed by atoms with van der Waals surface area (Å²) >= 11 is 0. The molecule has 2 aromatic heterocycles. The number of amides is 1.